The number of nitrogens with two attached hydrogens (primary N) is 1. The number of hydrogen-bond acceptors (Lipinski definition) is 6. The number of methoxy groups -OCH3 is 3. The van der Waals surface area contributed by atoms with E-state index in [0.29, 0.717) is 16.6 Å². The number of anilines is 1. The minimum absolute atomic E-state index is 0. The molecule has 0 spiro atoms. The summed E-state index contributed by atoms with van der Waals surface area (Å²) in [4.78, 5) is 5.69. The van der Waals surface area contributed by atoms with E-state index in [4.69, 9.17) is 19.9 Å². The Bertz CT molecular complexity index is 972. The summed E-state index contributed by atoms with van der Waals surface area (Å²) in [6.07, 6.45) is 0.806. The largest absolute Gasteiger partial charge is 0.496 e. The molecule has 3 aromatic rings. The Labute approximate surface area is 173 Å². The molecule has 26 heavy (non-hydrogen) atoms. The predicted octanol–water partition coefficient (Wildman–Crippen LogP) is 4.61. The van der Waals surface area contributed by atoms with Gasteiger partial charge in [0.25, 0.3) is 0 Å². The van der Waals surface area contributed by atoms with Crippen LogP contribution in [0.25, 0.3) is 22.4 Å². The lowest BCUT2D eigenvalue weighted by Gasteiger charge is -2.16. The van der Waals surface area contributed by atoms with Gasteiger partial charge in [-0.05, 0) is 35.4 Å². The first-order chi connectivity index (χ1) is 12.2. The normalized spacial score (nSPS) is 11.3. The molecule has 2 aromatic carbocycles. The van der Waals surface area contributed by atoms with Gasteiger partial charge in [-0.15, -0.1) is 35.3 Å². The first-order valence-corrected chi connectivity index (χ1v) is 8.65. The molecule has 1 aliphatic carbocycles. The van der Waals surface area contributed by atoms with Gasteiger partial charge in [0.1, 0.15) is 5.75 Å². The van der Waals surface area contributed by atoms with Gasteiger partial charge >= 0.3 is 0 Å². The quantitative estimate of drug-likeness (QED) is 0.431. The van der Waals surface area contributed by atoms with E-state index >= 15 is 0 Å². The number of thiazole rings is 1. The number of nitrogens with zero attached hydrogens (tertiary/aromatic N) is 1. The number of aromatic nitrogens is 1. The second kappa shape index (κ2) is 7.32. The number of hydrogen-bond donors (Lipinski definition) is 1. The van der Waals surface area contributed by atoms with Crippen LogP contribution in [0.2, 0.25) is 0 Å². The van der Waals surface area contributed by atoms with Crippen molar-refractivity contribution in [3.05, 3.63) is 40.8 Å². The predicted molar refractivity (Wildman–Crippen MR) is 115 cm³/mol. The molecule has 7 heteroatoms. The van der Waals surface area contributed by atoms with Gasteiger partial charge in [-0.2, -0.15) is 0 Å². The summed E-state index contributed by atoms with van der Waals surface area (Å²) in [5.74, 6) is 2.22. The number of nitrogen functional groups attached to an aromatic ring is 1. The summed E-state index contributed by atoms with van der Waals surface area (Å²) in [5, 5.41) is 0.610. The number of fused-ring (bicyclic) bond motifs is 3. The fourth-order valence-electron chi connectivity index (χ4n) is 3.37. The number of benzene rings is 2. The van der Waals surface area contributed by atoms with Gasteiger partial charge in [-0.3, -0.25) is 0 Å². The van der Waals surface area contributed by atoms with Gasteiger partial charge in [0.05, 0.1) is 27.0 Å². The Kier molecular flexibility index (Phi) is 5.29. The molecule has 0 fully saturated rings. The fourth-order valence-corrected chi connectivity index (χ4v) is 4.23. The molecule has 2 N–H and O–H groups in total. The minimum Gasteiger partial charge on any atom is -0.496 e. The van der Waals surface area contributed by atoms with Crippen molar-refractivity contribution in [2.24, 2.45) is 0 Å². The molecule has 136 valence electrons. The standard InChI is InChI=1S/C19H18N2O3S.HI/c1-22-13-6-4-10(8-15(13)24-3)17-12-9-16-18(21-19(20)25-16)11(12)5-7-14(17)23-2;/h4-8H,9H2,1-3H3,(H2,20,21);1H. The Hall–Kier alpha value is -2.00. The van der Waals surface area contributed by atoms with E-state index in [1.165, 1.54) is 10.4 Å². The third-order valence-electron chi connectivity index (χ3n) is 4.47. The van der Waals surface area contributed by atoms with E-state index in [0.717, 1.165) is 34.6 Å². The summed E-state index contributed by atoms with van der Waals surface area (Å²) in [7, 11) is 4.96. The molecule has 1 heterocycles. The van der Waals surface area contributed by atoms with Crippen molar-refractivity contribution >= 4 is 40.4 Å². The van der Waals surface area contributed by atoms with Crippen molar-refractivity contribution in [1.82, 2.24) is 4.98 Å². The van der Waals surface area contributed by atoms with E-state index in [-0.39, 0.29) is 24.0 Å². The maximum Gasteiger partial charge on any atom is 0.180 e. The molecule has 4 rings (SSSR count). The number of ether oxygens (including phenoxy) is 3. The van der Waals surface area contributed by atoms with Gasteiger partial charge in [-0.25, -0.2) is 4.98 Å². The molecule has 1 aliphatic rings. The van der Waals surface area contributed by atoms with Crippen LogP contribution in [0.3, 0.4) is 0 Å². The zero-order valence-electron chi connectivity index (χ0n) is 14.7. The molecule has 0 saturated heterocycles. The van der Waals surface area contributed by atoms with Crippen LogP contribution < -0.4 is 19.9 Å². The highest BCUT2D eigenvalue weighted by atomic mass is 127. The molecule has 0 amide bonds. The lowest BCUT2D eigenvalue weighted by Crippen LogP contribution is -1.96. The average Bonchev–Trinajstić information content (AvgIpc) is 3.15. The number of rotatable bonds is 4. The summed E-state index contributed by atoms with van der Waals surface area (Å²) in [6, 6.07) is 9.95. The van der Waals surface area contributed by atoms with Crippen LogP contribution in [0, 0.1) is 0 Å². The molecular formula is C19H19IN2O3S. The smallest absolute Gasteiger partial charge is 0.180 e. The van der Waals surface area contributed by atoms with Crippen LogP contribution in [0.4, 0.5) is 5.13 Å². The molecule has 0 saturated carbocycles. The van der Waals surface area contributed by atoms with Gasteiger partial charge in [-0.1, -0.05) is 6.07 Å². The molecular weight excluding hydrogens is 463 g/mol. The molecule has 0 radical (unpaired) electrons. The zero-order valence-corrected chi connectivity index (χ0v) is 17.8. The molecule has 0 atom stereocenters. The van der Waals surface area contributed by atoms with E-state index in [1.807, 2.05) is 24.3 Å². The van der Waals surface area contributed by atoms with Crippen molar-refractivity contribution in [3.63, 3.8) is 0 Å². The van der Waals surface area contributed by atoms with E-state index in [1.54, 1.807) is 32.7 Å². The van der Waals surface area contributed by atoms with E-state index < -0.39 is 0 Å². The second-order valence-corrected chi connectivity index (χ2v) is 6.85. The van der Waals surface area contributed by atoms with Crippen LogP contribution in [0.15, 0.2) is 30.3 Å². The van der Waals surface area contributed by atoms with Crippen molar-refractivity contribution in [3.8, 4) is 39.6 Å². The lowest BCUT2D eigenvalue weighted by molar-refractivity contribution is 0.355. The van der Waals surface area contributed by atoms with Crippen molar-refractivity contribution in [2.45, 2.75) is 6.42 Å². The minimum atomic E-state index is 0. The third kappa shape index (κ3) is 2.88. The van der Waals surface area contributed by atoms with Crippen LogP contribution >= 0.6 is 35.3 Å². The first-order valence-electron chi connectivity index (χ1n) is 7.84. The van der Waals surface area contributed by atoms with Gasteiger partial charge < -0.3 is 19.9 Å². The Morgan fingerprint density at radius 1 is 0.962 bits per heavy atom. The van der Waals surface area contributed by atoms with Crippen LogP contribution in [0.5, 0.6) is 17.2 Å². The van der Waals surface area contributed by atoms with Gasteiger partial charge in [0.15, 0.2) is 16.6 Å². The van der Waals surface area contributed by atoms with Crippen LogP contribution in [-0.2, 0) is 6.42 Å². The molecule has 0 unspecified atom stereocenters. The topological polar surface area (TPSA) is 66.6 Å². The van der Waals surface area contributed by atoms with E-state index in [2.05, 4.69) is 11.1 Å². The summed E-state index contributed by atoms with van der Waals surface area (Å²) < 4.78 is 16.5. The Balaban J connectivity index is 0.00000196. The molecule has 5 nitrogen and oxygen atoms in total. The maximum atomic E-state index is 5.87. The third-order valence-corrected chi connectivity index (χ3v) is 5.36. The van der Waals surface area contributed by atoms with E-state index in [9.17, 15) is 0 Å². The fraction of sp³-hybridized carbons (Fsp3) is 0.211. The highest BCUT2D eigenvalue weighted by Gasteiger charge is 2.28. The van der Waals surface area contributed by atoms with Crippen LogP contribution in [0.1, 0.15) is 10.4 Å². The SMILES string of the molecule is COc1ccc(-c2c(OC)ccc3c2Cc2sc(N)nc2-3)cc1OC.I. The number of halogens is 1. The molecule has 1 aromatic heterocycles. The van der Waals surface area contributed by atoms with Crippen molar-refractivity contribution in [2.75, 3.05) is 27.1 Å². The molecule has 0 bridgehead atoms. The van der Waals surface area contributed by atoms with Crippen molar-refractivity contribution in [1.29, 1.82) is 0 Å². The maximum absolute atomic E-state index is 5.87. The van der Waals surface area contributed by atoms with Gasteiger partial charge in [0.2, 0.25) is 0 Å². The monoisotopic (exact) mass is 482 g/mol. The lowest BCUT2D eigenvalue weighted by atomic mass is 9.95. The summed E-state index contributed by atoms with van der Waals surface area (Å²) in [6.45, 7) is 0. The second-order valence-electron chi connectivity index (χ2n) is 5.74. The van der Waals surface area contributed by atoms with Crippen LogP contribution in [-0.4, -0.2) is 26.3 Å². The highest BCUT2D eigenvalue weighted by Crippen LogP contribution is 2.48. The summed E-state index contributed by atoms with van der Waals surface area (Å²) >= 11 is 1.55. The Morgan fingerprint density at radius 2 is 1.65 bits per heavy atom. The van der Waals surface area contributed by atoms with Crippen molar-refractivity contribution < 1.29 is 14.2 Å². The summed E-state index contributed by atoms with van der Waals surface area (Å²) in [5.41, 5.74) is 11.3. The molecule has 0 aliphatic heterocycles. The highest BCUT2D eigenvalue weighted by molar-refractivity contribution is 14.0. The Morgan fingerprint density at radius 3 is 2.35 bits per heavy atom. The first kappa shape index (κ1) is 18.8. The average molecular weight is 482 g/mol. The van der Waals surface area contributed by atoms with Gasteiger partial charge in [0, 0.05) is 22.4 Å². The zero-order chi connectivity index (χ0) is 17.6.